The Balaban J connectivity index is 1.61. The van der Waals surface area contributed by atoms with Crippen molar-refractivity contribution in [3.8, 4) is 5.75 Å². The maximum Gasteiger partial charge on any atom is 0.119 e. The maximum atomic E-state index is 5.28. The number of ether oxygens (including phenoxy) is 1. The number of nitrogens with one attached hydrogen (secondary N) is 1. The highest BCUT2D eigenvalue weighted by Crippen LogP contribution is 2.25. The molecule has 118 valence electrons. The third-order valence-corrected chi connectivity index (χ3v) is 4.81. The molecule has 1 N–H and O–H groups in total. The van der Waals surface area contributed by atoms with E-state index in [4.69, 9.17) is 4.74 Å². The van der Waals surface area contributed by atoms with Crippen LogP contribution in [0, 0.1) is 0 Å². The molecule has 0 aliphatic carbocycles. The lowest BCUT2D eigenvalue weighted by Crippen LogP contribution is -1.94. The number of hydrogen-bond acceptors (Lipinski definition) is 3. The summed E-state index contributed by atoms with van der Waals surface area (Å²) in [6, 6.07) is 16.9. The van der Waals surface area contributed by atoms with E-state index < -0.39 is 0 Å². The monoisotopic (exact) mass is 324 g/mol. The number of H-pyrrole nitrogens is 1. The Kier molecular flexibility index (Phi) is 5.37. The Labute approximate surface area is 141 Å². The first-order valence-electron chi connectivity index (χ1n) is 7.66. The molecule has 0 spiro atoms. The SMILES string of the molecule is COc1cccc(CCSc2ccccc2Cc2cnc[nH]2)c1. The Hall–Kier alpha value is -2.20. The van der Waals surface area contributed by atoms with Crippen LogP contribution in [-0.4, -0.2) is 22.8 Å². The van der Waals surface area contributed by atoms with Gasteiger partial charge in [0.15, 0.2) is 0 Å². The lowest BCUT2D eigenvalue weighted by Gasteiger charge is -2.09. The van der Waals surface area contributed by atoms with Gasteiger partial charge in [-0.2, -0.15) is 0 Å². The zero-order valence-electron chi connectivity index (χ0n) is 13.2. The molecule has 1 aromatic heterocycles. The zero-order chi connectivity index (χ0) is 15.9. The summed E-state index contributed by atoms with van der Waals surface area (Å²) >= 11 is 1.90. The van der Waals surface area contributed by atoms with E-state index in [-0.39, 0.29) is 0 Å². The van der Waals surface area contributed by atoms with E-state index in [2.05, 4.69) is 46.4 Å². The Morgan fingerprint density at radius 3 is 2.87 bits per heavy atom. The molecule has 2 aromatic carbocycles. The van der Waals surface area contributed by atoms with Crippen LogP contribution >= 0.6 is 11.8 Å². The molecule has 0 fully saturated rings. The summed E-state index contributed by atoms with van der Waals surface area (Å²) < 4.78 is 5.28. The maximum absolute atomic E-state index is 5.28. The van der Waals surface area contributed by atoms with E-state index in [1.165, 1.54) is 16.0 Å². The van der Waals surface area contributed by atoms with Crippen molar-refractivity contribution in [3.63, 3.8) is 0 Å². The molecule has 0 aliphatic heterocycles. The van der Waals surface area contributed by atoms with Crippen molar-refractivity contribution < 1.29 is 4.74 Å². The molecule has 0 bridgehead atoms. The fourth-order valence-electron chi connectivity index (χ4n) is 2.48. The van der Waals surface area contributed by atoms with Crippen LogP contribution in [0.5, 0.6) is 5.75 Å². The number of imidazole rings is 1. The van der Waals surface area contributed by atoms with Crippen LogP contribution in [0.15, 0.2) is 66.0 Å². The lowest BCUT2D eigenvalue weighted by molar-refractivity contribution is 0.414. The van der Waals surface area contributed by atoms with Crippen LogP contribution in [0.1, 0.15) is 16.8 Å². The number of nitrogens with zero attached hydrogens (tertiary/aromatic N) is 1. The summed E-state index contributed by atoms with van der Waals surface area (Å²) in [5.41, 5.74) is 3.79. The van der Waals surface area contributed by atoms with Gasteiger partial charge in [-0.1, -0.05) is 30.3 Å². The third-order valence-electron chi connectivity index (χ3n) is 3.69. The van der Waals surface area contributed by atoms with Gasteiger partial charge in [-0.05, 0) is 35.7 Å². The molecule has 0 amide bonds. The minimum absolute atomic E-state index is 0.891. The van der Waals surface area contributed by atoms with Gasteiger partial charge in [0.05, 0.1) is 13.4 Å². The number of aromatic amines is 1. The topological polar surface area (TPSA) is 37.9 Å². The first-order chi connectivity index (χ1) is 11.3. The molecule has 0 radical (unpaired) electrons. The van der Waals surface area contributed by atoms with Crippen LogP contribution in [0.25, 0.3) is 0 Å². The fraction of sp³-hybridized carbons (Fsp3) is 0.211. The summed E-state index contributed by atoms with van der Waals surface area (Å²) in [6.07, 6.45) is 5.54. The van der Waals surface area contributed by atoms with Crippen molar-refractivity contribution in [2.75, 3.05) is 12.9 Å². The predicted octanol–water partition coefficient (Wildman–Crippen LogP) is 4.34. The van der Waals surface area contributed by atoms with Gasteiger partial charge in [-0.25, -0.2) is 4.98 Å². The largest absolute Gasteiger partial charge is 0.497 e. The summed E-state index contributed by atoms with van der Waals surface area (Å²) in [4.78, 5) is 8.60. The van der Waals surface area contributed by atoms with Crippen LogP contribution in [-0.2, 0) is 12.8 Å². The molecule has 23 heavy (non-hydrogen) atoms. The smallest absolute Gasteiger partial charge is 0.119 e. The van der Waals surface area contributed by atoms with E-state index in [1.807, 2.05) is 30.1 Å². The number of aromatic nitrogens is 2. The molecular formula is C19H20N2OS. The minimum atomic E-state index is 0.891. The number of benzene rings is 2. The van der Waals surface area contributed by atoms with E-state index in [9.17, 15) is 0 Å². The van der Waals surface area contributed by atoms with Crippen molar-refractivity contribution in [1.82, 2.24) is 9.97 Å². The number of rotatable bonds is 7. The molecule has 3 nitrogen and oxygen atoms in total. The average molecular weight is 324 g/mol. The Morgan fingerprint density at radius 1 is 1.13 bits per heavy atom. The van der Waals surface area contributed by atoms with Crippen LogP contribution in [0.2, 0.25) is 0 Å². The second-order valence-corrected chi connectivity index (χ2v) is 6.45. The average Bonchev–Trinajstić information content (AvgIpc) is 3.10. The lowest BCUT2D eigenvalue weighted by atomic mass is 10.1. The molecule has 0 saturated heterocycles. The quantitative estimate of drug-likeness (QED) is 0.657. The van der Waals surface area contributed by atoms with E-state index in [0.717, 1.165) is 30.0 Å². The molecular weight excluding hydrogens is 304 g/mol. The molecule has 3 aromatic rings. The molecule has 3 rings (SSSR count). The van der Waals surface area contributed by atoms with Gasteiger partial charge in [0.2, 0.25) is 0 Å². The van der Waals surface area contributed by atoms with E-state index >= 15 is 0 Å². The van der Waals surface area contributed by atoms with Crippen molar-refractivity contribution in [2.24, 2.45) is 0 Å². The first-order valence-corrected chi connectivity index (χ1v) is 8.64. The molecule has 1 heterocycles. The summed E-state index contributed by atoms with van der Waals surface area (Å²) in [7, 11) is 1.71. The van der Waals surface area contributed by atoms with Crippen LogP contribution in [0.3, 0.4) is 0 Å². The molecule has 4 heteroatoms. The fourth-order valence-corrected chi connectivity index (χ4v) is 3.54. The number of aryl methyl sites for hydroxylation is 1. The van der Waals surface area contributed by atoms with Crippen LogP contribution < -0.4 is 4.74 Å². The minimum Gasteiger partial charge on any atom is -0.497 e. The highest BCUT2D eigenvalue weighted by molar-refractivity contribution is 7.99. The molecule has 0 unspecified atom stereocenters. The molecule has 0 atom stereocenters. The second-order valence-electron chi connectivity index (χ2n) is 5.31. The standard InChI is InChI=1S/C19H20N2OS/c1-22-18-7-4-5-15(11-18)9-10-23-19-8-3-2-6-16(19)12-17-13-20-14-21-17/h2-8,11,13-14H,9-10,12H2,1H3,(H,20,21). The van der Waals surface area contributed by atoms with Gasteiger partial charge in [0.1, 0.15) is 5.75 Å². The van der Waals surface area contributed by atoms with Gasteiger partial charge < -0.3 is 9.72 Å². The van der Waals surface area contributed by atoms with Crippen molar-refractivity contribution in [3.05, 3.63) is 77.9 Å². The summed E-state index contributed by atoms with van der Waals surface area (Å²) in [5, 5.41) is 0. The van der Waals surface area contributed by atoms with Gasteiger partial charge in [0.25, 0.3) is 0 Å². The number of methoxy groups -OCH3 is 1. The first kappa shape index (κ1) is 15.7. The normalized spacial score (nSPS) is 10.7. The van der Waals surface area contributed by atoms with Gasteiger partial charge in [-0.15, -0.1) is 11.8 Å². The zero-order valence-corrected chi connectivity index (χ0v) is 14.0. The van der Waals surface area contributed by atoms with Crippen molar-refractivity contribution in [2.45, 2.75) is 17.7 Å². The third kappa shape index (κ3) is 4.39. The Bertz CT molecular complexity index is 741. The Morgan fingerprint density at radius 2 is 2.04 bits per heavy atom. The van der Waals surface area contributed by atoms with Crippen molar-refractivity contribution >= 4 is 11.8 Å². The number of hydrogen-bond donors (Lipinski definition) is 1. The summed E-state index contributed by atoms with van der Waals surface area (Å²) in [5.74, 6) is 1.97. The van der Waals surface area contributed by atoms with Gasteiger partial charge in [0, 0.05) is 29.0 Å². The highest BCUT2D eigenvalue weighted by atomic mass is 32.2. The van der Waals surface area contributed by atoms with E-state index in [0.29, 0.717) is 0 Å². The van der Waals surface area contributed by atoms with E-state index in [1.54, 1.807) is 13.4 Å². The predicted molar refractivity (Wildman–Crippen MR) is 95.3 cm³/mol. The van der Waals surface area contributed by atoms with Gasteiger partial charge >= 0.3 is 0 Å². The van der Waals surface area contributed by atoms with Crippen molar-refractivity contribution in [1.29, 1.82) is 0 Å². The second kappa shape index (κ2) is 7.88. The molecule has 0 aliphatic rings. The highest BCUT2D eigenvalue weighted by Gasteiger charge is 2.05. The van der Waals surface area contributed by atoms with Gasteiger partial charge in [-0.3, -0.25) is 0 Å². The summed E-state index contributed by atoms with van der Waals surface area (Å²) in [6.45, 7) is 0. The molecule has 0 saturated carbocycles. The van der Waals surface area contributed by atoms with Crippen LogP contribution in [0.4, 0.5) is 0 Å². The number of thioether (sulfide) groups is 1.